The lowest BCUT2D eigenvalue weighted by molar-refractivity contribution is -0.121. The molecule has 1 unspecified atom stereocenters. The van der Waals surface area contributed by atoms with Gasteiger partial charge in [0.25, 0.3) is 0 Å². The molecule has 0 spiro atoms. The largest absolute Gasteiger partial charge is 0.356 e. The molecule has 1 N–H and O–H groups in total. The SMILES string of the molecule is CN1CCN(CCCNC(=O)CCc2ccsc2)C(c2ccccc2)C1. The lowest BCUT2D eigenvalue weighted by Crippen LogP contribution is -2.47. The Balaban J connectivity index is 1.40. The van der Waals surface area contributed by atoms with Crippen molar-refractivity contribution >= 4 is 17.2 Å². The van der Waals surface area contributed by atoms with Crippen LogP contribution in [0.2, 0.25) is 0 Å². The van der Waals surface area contributed by atoms with Crippen LogP contribution in [-0.4, -0.2) is 55.5 Å². The first-order valence-electron chi connectivity index (χ1n) is 9.47. The quantitative estimate of drug-likeness (QED) is 0.724. The van der Waals surface area contributed by atoms with Gasteiger partial charge in [-0.25, -0.2) is 0 Å². The maximum absolute atomic E-state index is 12.0. The van der Waals surface area contributed by atoms with Crippen LogP contribution < -0.4 is 5.32 Å². The van der Waals surface area contributed by atoms with Gasteiger partial charge in [0.2, 0.25) is 5.91 Å². The first-order chi connectivity index (χ1) is 12.7. The topological polar surface area (TPSA) is 35.6 Å². The zero-order valence-corrected chi connectivity index (χ0v) is 16.4. The van der Waals surface area contributed by atoms with E-state index in [9.17, 15) is 4.79 Å². The molecular formula is C21H29N3OS. The van der Waals surface area contributed by atoms with Crippen molar-refractivity contribution in [3.05, 3.63) is 58.3 Å². The fourth-order valence-corrected chi connectivity index (χ4v) is 4.21. The molecule has 140 valence electrons. The zero-order chi connectivity index (χ0) is 18.2. The van der Waals surface area contributed by atoms with E-state index in [4.69, 9.17) is 0 Å². The summed E-state index contributed by atoms with van der Waals surface area (Å²) >= 11 is 1.69. The first kappa shape index (κ1) is 19.1. The van der Waals surface area contributed by atoms with Crippen molar-refractivity contribution in [2.75, 3.05) is 39.8 Å². The van der Waals surface area contributed by atoms with Gasteiger partial charge in [0.1, 0.15) is 0 Å². The Morgan fingerprint density at radius 1 is 1.23 bits per heavy atom. The lowest BCUT2D eigenvalue weighted by Gasteiger charge is -2.40. The average Bonchev–Trinajstić information content (AvgIpc) is 3.19. The molecule has 0 radical (unpaired) electrons. The number of nitrogens with one attached hydrogen (secondary N) is 1. The number of likely N-dealkylation sites (N-methyl/N-ethyl adjacent to an activating group) is 1. The molecule has 5 heteroatoms. The molecule has 26 heavy (non-hydrogen) atoms. The van der Waals surface area contributed by atoms with Gasteiger partial charge in [-0.3, -0.25) is 9.69 Å². The summed E-state index contributed by atoms with van der Waals surface area (Å²) in [5.41, 5.74) is 2.65. The van der Waals surface area contributed by atoms with Crippen LogP contribution >= 0.6 is 11.3 Å². The van der Waals surface area contributed by atoms with Crippen LogP contribution in [-0.2, 0) is 11.2 Å². The second kappa shape index (κ2) is 9.86. The van der Waals surface area contributed by atoms with E-state index in [0.717, 1.165) is 45.6 Å². The molecular weight excluding hydrogens is 342 g/mol. The van der Waals surface area contributed by atoms with Gasteiger partial charge >= 0.3 is 0 Å². The highest BCUT2D eigenvalue weighted by Crippen LogP contribution is 2.24. The summed E-state index contributed by atoms with van der Waals surface area (Å²) in [6, 6.07) is 13.3. The number of piperazine rings is 1. The van der Waals surface area contributed by atoms with Crippen molar-refractivity contribution in [2.24, 2.45) is 0 Å². The minimum atomic E-state index is 0.161. The molecule has 2 aromatic rings. The number of thiophene rings is 1. The molecule has 2 heterocycles. The van der Waals surface area contributed by atoms with Crippen molar-refractivity contribution < 1.29 is 4.79 Å². The number of hydrogen-bond donors (Lipinski definition) is 1. The van der Waals surface area contributed by atoms with Gasteiger partial charge in [0.15, 0.2) is 0 Å². The van der Waals surface area contributed by atoms with E-state index in [-0.39, 0.29) is 5.91 Å². The van der Waals surface area contributed by atoms with E-state index >= 15 is 0 Å². The lowest BCUT2D eigenvalue weighted by atomic mass is 10.0. The number of carbonyl (C=O) groups is 1. The summed E-state index contributed by atoms with van der Waals surface area (Å²) in [6.07, 6.45) is 2.42. The predicted molar refractivity (Wildman–Crippen MR) is 109 cm³/mol. The molecule has 1 atom stereocenters. The van der Waals surface area contributed by atoms with E-state index in [0.29, 0.717) is 12.5 Å². The van der Waals surface area contributed by atoms with Gasteiger partial charge in [0, 0.05) is 45.2 Å². The molecule has 1 aromatic carbocycles. The standard InChI is InChI=1S/C21H29N3OS/c1-23-13-14-24(20(16-23)19-6-3-2-4-7-19)12-5-11-22-21(25)9-8-18-10-15-26-17-18/h2-4,6-7,10,15,17,20H,5,8-9,11-14,16H2,1H3,(H,22,25). The van der Waals surface area contributed by atoms with Crippen molar-refractivity contribution in [1.29, 1.82) is 0 Å². The second-order valence-electron chi connectivity index (χ2n) is 7.06. The van der Waals surface area contributed by atoms with Gasteiger partial charge < -0.3 is 10.2 Å². The van der Waals surface area contributed by atoms with Crippen molar-refractivity contribution in [1.82, 2.24) is 15.1 Å². The maximum atomic E-state index is 12.0. The monoisotopic (exact) mass is 371 g/mol. The summed E-state index contributed by atoms with van der Waals surface area (Å²) in [5.74, 6) is 0.161. The number of aryl methyl sites for hydroxylation is 1. The van der Waals surface area contributed by atoms with Crippen LogP contribution in [0.25, 0.3) is 0 Å². The predicted octanol–water partition coefficient (Wildman–Crippen LogP) is 3.18. The smallest absolute Gasteiger partial charge is 0.220 e. The van der Waals surface area contributed by atoms with Gasteiger partial charge in [0.05, 0.1) is 0 Å². The maximum Gasteiger partial charge on any atom is 0.220 e. The van der Waals surface area contributed by atoms with E-state index in [1.807, 2.05) is 0 Å². The number of nitrogens with zero attached hydrogens (tertiary/aromatic N) is 2. The fraction of sp³-hybridized carbons (Fsp3) is 0.476. The van der Waals surface area contributed by atoms with Crippen molar-refractivity contribution in [3.63, 3.8) is 0 Å². The molecule has 1 aliphatic heterocycles. The Hall–Kier alpha value is -1.69. The van der Waals surface area contributed by atoms with Crippen molar-refractivity contribution in [2.45, 2.75) is 25.3 Å². The summed E-state index contributed by atoms with van der Waals surface area (Å²) in [5, 5.41) is 7.25. The molecule has 0 bridgehead atoms. The minimum Gasteiger partial charge on any atom is -0.356 e. The van der Waals surface area contributed by atoms with Crippen LogP contribution in [0.4, 0.5) is 0 Å². The first-order valence-corrected chi connectivity index (χ1v) is 10.4. The highest BCUT2D eigenvalue weighted by atomic mass is 32.1. The molecule has 1 aromatic heterocycles. The Kier molecular flexibility index (Phi) is 7.23. The molecule has 0 aliphatic carbocycles. The Morgan fingerprint density at radius 3 is 2.85 bits per heavy atom. The normalized spacial score (nSPS) is 18.7. The minimum absolute atomic E-state index is 0.161. The highest BCUT2D eigenvalue weighted by molar-refractivity contribution is 7.07. The summed E-state index contributed by atoms with van der Waals surface area (Å²) in [4.78, 5) is 17.0. The molecule has 1 amide bonds. The van der Waals surface area contributed by atoms with Gasteiger partial charge in [-0.05, 0) is 47.8 Å². The molecule has 1 fully saturated rings. The molecule has 1 aliphatic rings. The Morgan fingerprint density at radius 2 is 2.08 bits per heavy atom. The highest BCUT2D eigenvalue weighted by Gasteiger charge is 2.25. The average molecular weight is 372 g/mol. The zero-order valence-electron chi connectivity index (χ0n) is 15.6. The number of benzene rings is 1. The van der Waals surface area contributed by atoms with Crippen molar-refractivity contribution in [3.8, 4) is 0 Å². The molecule has 3 rings (SSSR count). The second-order valence-corrected chi connectivity index (χ2v) is 7.84. The number of amides is 1. The Bertz CT molecular complexity index is 659. The Labute approximate surface area is 160 Å². The van der Waals surface area contributed by atoms with Gasteiger partial charge in [-0.1, -0.05) is 30.3 Å². The molecule has 0 saturated carbocycles. The summed E-state index contributed by atoms with van der Waals surface area (Å²) in [6.45, 7) is 5.05. The van der Waals surface area contributed by atoms with Crippen LogP contribution in [0.5, 0.6) is 0 Å². The van der Waals surface area contributed by atoms with E-state index in [1.54, 1.807) is 11.3 Å². The van der Waals surface area contributed by atoms with Gasteiger partial charge in [-0.15, -0.1) is 0 Å². The van der Waals surface area contributed by atoms with E-state index in [2.05, 4.69) is 69.3 Å². The molecule has 4 nitrogen and oxygen atoms in total. The third kappa shape index (κ3) is 5.66. The summed E-state index contributed by atoms with van der Waals surface area (Å²) < 4.78 is 0. The van der Waals surface area contributed by atoms with Crippen LogP contribution in [0.3, 0.4) is 0 Å². The third-order valence-corrected chi connectivity index (χ3v) is 5.78. The number of carbonyl (C=O) groups excluding carboxylic acids is 1. The van der Waals surface area contributed by atoms with Crippen LogP contribution in [0.1, 0.15) is 30.0 Å². The van der Waals surface area contributed by atoms with E-state index < -0.39 is 0 Å². The van der Waals surface area contributed by atoms with E-state index in [1.165, 1.54) is 11.1 Å². The third-order valence-electron chi connectivity index (χ3n) is 5.04. The van der Waals surface area contributed by atoms with Crippen LogP contribution in [0.15, 0.2) is 47.2 Å². The summed E-state index contributed by atoms with van der Waals surface area (Å²) in [7, 11) is 2.20. The fourth-order valence-electron chi connectivity index (χ4n) is 3.51. The van der Waals surface area contributed by atoms with Gasteiger partial charge in [-0.2, -0.15) is 11.3 Å². The van der Waals surface area contributed by atoms with Crippen LogP contribution in [0, 0.1) is 0 Å². The number of rotatable bonds is 8. The molecule has 1 saturated heterocycles. The number of hydrogen-bond acceptors (Lipinski definition) is 4.